The first-order valence-electron chi connectivity index (χ1n) is 7.45. The number of hydrogen-bond acceptors (Lipinski definition) is 5. The second-order valence-corrected chi connectivity index (χ2v) is 7.66. The standard InChI is InChI=1S/C15H25N3O3S/c1-16(2)8-9-17-10-12-18(13-11-17)22(19,20)15-6-4-14(21-3)5-7-15/h4-7H,8-13H2,1-3H3. The molecule has 1 aromatic rings. The summed E-state index contributed by atoms with van der Waals surface area (Å²) in [4.78, 5) is 4.77. The lowest BCUT2D eigenvalue weighted by Crippen LogP contribution is -2.49. The van der Waals surface area contributed by atoms with Gasteiger partial charge in [0.05, 0.1) is 12.0 Å². The maximum absolute atomic E-state index is 12.6. The van der Waals surface area contributed by atoms with Gasteiger partial charge in [0.15, 0.2) is 0 Å². The van der Waals surface area contributed by atoms with Crippen molar-refractivity contribution in [1.82, 2.24) is 14.1 Å². The van der Waals surface area contributed by atoms with E-state index in [0.29, 0.717) is 23.7 Å². The third kappa shape index (κ3) is 4.19. The average Bonchev–Trinajstić information content (AvgIpc) is 2.53. The van der Waals surface area contributed by atoms with Crippen molar-refractivity contribution < 1.29 is 13.2 Å². The van der Waals surface area contributed by atoms with Gasteiger partial charge in [-0.25, -0.2) is 8.42 Å². The summed E-state index contributed by atoms with van der Waals surface area (Å²) in [6, 6.07) is 6.57. The molecule has 1 aliphatic heterocycles. The molecule has 1 heterocycles. The molecule has 0 atom stereocenters. The van der Waals surface area contributed by atoms with Crippen LogP contribution in [-0.4, -0.2) is 83.0 Å². The first-order valence-corrected chi connectivity index (χ1v) is 8.89. The summed E-state index contributed by atoms with van der Waals surface area (Å²) >= 11 is 0. The van der Waals surface area contributed by atoms with Crippen LogP contribution >= 0.6 is 0 Å². The molecule has 0 saturated carbocycles. The quantitative estimate of drug-likeness (QED) is 0.764. The molecule has 1 saturated heterocycles. The van der Waals surface area contributed by atoms with Crippen LogP contribution < -0.4 is 4.74 Å². The Bertz CT molecular complexity index is 564. The first-order chi connectivity index (χ1) is 10.4. The van der Waals surface area contributed by atoms with E-state index in [9.17, 15) is 8.42 Å². The molecule has 6 nitrogen and oxygen atoms in total. The highest BCUT2D eigenvalue weighted by Gasteiger charge is 2.28. The van der Waals surface area contributed by atoms with Gasteiger partial charge in [0.25, 0.3) is 0 Å². The predicted octanol–water partition coefficient (Wildman–Crippen LogP) is 0.563. The van der Waals surface area contributed by atoms with Crippen LogP contribution in [0, 0.1) is 0 Å². The minimum atomic E-state index is -3.40. The summed E-state index contributed by atoms with van der Waals surface area (Å²) < 4.78 is 31.9. The van der Waals surface area contributed by atoms with Gasteiger partial charge < -0.3 is 9.64 Å². The lowest BCUT2D eigenvalue weighted by atomic mass is 10.3. The molecule has 0 aromatic heterocycles. The monoisotopic (exact) mass is 327 g/mol. The van der Waals surface area contributed by atoms with E-state index in [4.69, 9.17) is 4.74 Å². The third-order valence-electron chi connectivity index (χ3n) is 3.89. The van der Waals surface area contributed by atoms with Crippen LogP contribution in [-0.2, 0) is 10.0 Å². The van der Waals surface area contributed by atoms with Gasteiger partial charge in [-0.15, -0.1) is 0 Å². The van der Waals surface area contributed by atoms with Crippen molar-refractivity contribution in [3.8, 4) is 5.75 Å². The predicted molar refractivity (Wildman–Crippen MR) is 86.7 cm³/mol. The smallest absolute Gasteiger partial charge is 0.243 e. The largest absolute Gasteiger partial charge is 0.497 e. The van der Waals surface area contributed by atoms with Gasteiger partial charge in [-0.1, -0.05) is 0 Å². The molecule has 22 heavy (non-hydrogen) atoms. The highest BCUT2D eigenvalue weighted by molar-refractivity contribution is 7.89. The van der Waals surface area contributed by atoms with Crippen molar-refractivity contribution in [1.29, 1.82) is 0 Å². The number of rotatable bonds is 6. The van der Waals surface area contributed by atoms with Gasteiger partial charge in [-0.3, -0.25) is 4.90 Å². The topological polar surface area (TPSA) is 53.1 Å². The molecule has 0 spiro atoms. The highest BCUT2D eigenvalue weighted by Crippen LogP contribution is 2.20. The Kier molecular flexibility index (Phi) is 5.80. The number of piperazine rings is 1. The summed E-state index contributed by atoms with van der Waals surface area (Å²) in [5.41, 5.74) is 0. The van der Waals surface area contributed by atoms with E-state index >= 15 is 0 Å². The van der Waals surface area contributed by atoms with Crippen molar-refractivity contribution in [2.45, 2.75) is 4.90 Å². The zero-order valence-electron chi connectivity index (χ0n) is 13.5. The SMILES string of the molecule is COc1ccc(S(=O)(=O)N2CCN(CCN(C)C)CC2)cc1. The van der Waals surface area contributed by atoms with Gasteiger partial charge in [-0.05, 0) is 38.4 Å². The molecule has 124 valence electrons. The van der Waals surface area contributed by atoms with Gasteiger partial charge in [0, 0.05) is 39.3 Å². The summed E-state index contributed by atoms with van der Waals surface area (Å²) in [7, 11) is 2.26. The van der Waals surface area contributed by atoms with E-state index in [1.165, 1.54) is 0 Å². The number of methoxy groups -OCH3 is 1. The molecule has 7 heteroatoms. The van der Waals surface area contributed by atoms with E-state index in [0.717, 1.165) is 26.2 Å². The van der Waals surface area contributed by atoms with Crippen molar-refractivity contribution in [3.63, 3.8) is 0 Å². The van der Waals surface area contributed by atoms with Crippen molar-refractivity contribution in [2.24, 2.45) is 0 Å². The summed E-state index contributed by atoms with van der Waals surface area (Å²) in [6.45, 7) is 4.62. The molecule has 2 rings (SSSR count). The lowest BCUT2D eigenvalue weighted by Gasteiger charge is -2.34. The minimum Gasteiger partial charge on any atom is -0.497 e. The van der Waals surface area contributed by atoms with Crippen molar-refractivity contribution in [3.05, 3.63) is 24.3 Å². The Morgan fingerprint density at radius 3 is 2.18 bits per heavy atom. The Balaban J connectivity index is 1.96. The number of likely N-dealkylation sites (N-methyl/N-ethyl adjacent to an activating group) is 1. The molecular weight excluding hydrogens is 302 g/mol. The number of sulfonamides is 1. The maximum atomic E-state index is 12.6. The van der Waals surface area contributed by atoms with Gasteiger partial charge in [-0.2, -0.15) is 4.31 Å². The molecule has 1 aromatic carbocycles. The van der Waals surface area contributed by atoms with E-state index < -0.39 is 10.0 Å². The van der Waals surface area contributed by atoms with Crippen LogP contribution in [0.25, 0.3) is 0 Å². The first kappa shape index (κ1) is 17.2. The fourth-order valence-electron chi connectivity index (χ4n) is 2.43. The van der Waals surface area contributed by atoms with Gasteiger partial charge >= 0.3 is 0 Å². The number of nitrogens with zero attached hydrogens (tertiary/aromatic N) is 3. The molecule has 0 amide bonds. The Labute approximate surface area is 133 Å². The van der Waals surface area contributed by atoms with Crippen molar-refractivity contribution >= 4 is 10.0 Å². The minimum absolute atomic E-state index is 0.329. The van der Waals surface area contributed by atoms with E-state index in [1.54, 1.807) is 35.7 Å². The number of hydrogen-bond donors (Lipinski definition) is 0. The number of benzene rings is 1. The van der Waals surface area contributed by atoms with Gasteiger partial charge in [0.2, 0.25) is 10.0 Å². The Hall–Kier alpha value is -1.15. The fraction of sp³-hybridized carbons (Fsp3) is 0.600. The van der Waals surface area contributed by atoms with Crippen LogP contribution in [0.1, 0.15) is 0 Å². The van der Waals surface area contributed by atoms with Gasteiger partial charge in [0.1, 0.15) is 5.75 Å². The second kappa shape index (κ2) is 7.41. The number of ether oxygens (including phenoxy) is 1. The van der Waals surface area contributed by atoms with Crippen molar-refractivity contribution in [2.75, 3.05) is 60.5 Å². The molecular formula is C15H25N3O3S. The zero-order valence-corrected chi connectivity index (χ0v) is 14.3. The van der Waals surface area contributed by atoms with Crippen LogP contribution in [0.4, 0.5) is 0 Å². The molecule has 0 aliphatic carbocycles. The molecule has 0 unspecified atom stereocenters. The molecule has 0 radical (unpaired) electrons. The molecule has 1 aliphatic rings. The maximum Gasteiger partial charge on any atom is 0.243 e. The Morgan fingerprint density at radius 2 is 1.68 bits per heavy atom. The highest BCUT2D eigenvalue weighted by atomic mass is 32.2. The van der Waals surface area contributed by atoms with E-state index in [-0.39, 0.29) is 0 Å². The van der Waals surface area contributed by atoms with E-state index in [2.05, 4.69) is 9.80 Å². The second-order valence-electron chi connectivity index (χ2n) is 5.72. The Morgan fingerprint density at radius 1 is 1.09 bits per heavy atom. The normalized spacial score (nSPS) is 17.8. The third-order valence-corrected chi connectivity index (χ3v) is 5.80. The zero-order chi connectivity index (χ0) is 16.2. The van der Waals surface area contributed by atoms with E-state index in [1.807, 2.05) is 14.1 Å². The molecule has 0 bridgehead atoms. The average molecular weight is 327 g/mol. The lowest BCUT2D eigenvalue weighted by molar-refractivity contribution is 0.174. The summed E-state index contributed by atoms with van der Waals surface area (Å²) in [5.74, 6) is 0.660. The van der Waals surface area contributed by atoms with Crippen LogP contribution in [0.3, 0.4) is 0 Å². The van der Waals surface area contributed by atoms with Crippen LogP contribution in [0.2, 0.25) is 0 Å². The summed E-state index contributed by atoms with van der Waals surface area (Å²) in [6.07, 6.45) is 0. The fourth-order valence-corrected chi connectivity index (χ4v) is 3.85. The van der Waals surface area contributed by atoms with Crippen LogP contribution in [0.5, 0.6) is 5.75 Å². The molecule has 1 fully saturated rings. The summed E-state index contributed by atoms with van der Waals surface area (Å²) in [5, 5.41) is 0. The molecule has 0 N–H and O–H groups in total. The van der Waals surface area contributed by atoms with Crippen LogP contribution in [0.15, 0.2) is 29.2 Å².